The van der Waals surface area contributed by atoms with Crippen molar-refractivity contribution in [3.63, 3.8) is 0 Å². The van der Waals surface area contributed by atoms with Gasteiger partial charge in [-0.25, -0.2) is 0 Å². The number of rotatable bonds is 7. The zero-order valence-electron chi connectivity index (χ0n) is 16.2. The van der Waals surface area contributed by atoms with E-state index in [-0.39, 0.29) is 24.6 Å². The van der Waals surface area contributed by atoms with E-state index in [1.165, 1.54) is 31.2 Å². The van der Waals surface area contributed by atoms with Crippen molar-refractivity contribution in [2.75, 3.05) is 26.0 Å². The molecule has 0 spiro atoms. The molecule has 0 fully saturated rings. The summed E-state index contributed by atoms with van der Waals surface area (Å²) in [6.07, 6.45) is -4.72. The Labute approximate surface area is 166 Å². The fourth-order valence-corrected chi connectivity index (χ4v) is 2.59. The van der Waals surface area contributed by atoms with Crippen LogP contribution in [0, 0.1) is 6.92 Å². The highest BCUT2D eigenvalue weighted by molar-refractivity contribution is 5.94. The van der Waals surface area contributed by atoms with Crippen molar-refractivity contribution >= 4 is 17.5 Å². The maximum Gasteiger partial charge on any atom is 0.573 e. The summed E-state index contributed by atoms with van der Waals surface area (Å²) in [6.45, 7) is 1.68. The number of hydrogen-bond donors (Lipinski definition) is 1. The first-order valence-electron chi connectivity index (χ1n) is 8.60. The molecule has 0 unspecified atom stereocenters. The molecule has 0 atom stereocenters. The van der Waals surface area contributed by atoms with Gasteiger partial charge in [0.2, 0.25) is 11.8 Å². The highest BCUT2D eigenvalue weighted by Gasteiger charge is 2.31. The van der Waals surface area contributed by atoms with E-state index >= 15 is 0 Å². The third-order valence-corrected chi connectivity index (χ3v) is 3.96. The van der Waals surface area contributed by atoms with Crippen LogP contribution in [0.5, 0.6) is 11.5 Å². The number of carbonyl (C=O) groups is 2. The van der Waals surface area contributed by atoms with E-state index in [1.54, 1.807) is 6.07 Å². The van der Waals surface area contributed by atoms with E-state index in [2.05, 4.69) is 10.1 Å². The molecule has 0 radical (unpaired) electrons. The lowest BCUT2D eigenvalue weighted by Gasteiger charge is -2.18. The van der Waals surface area contributed by atoms with Crippen LogP contribution in [0.2, 0.25) is 0 Å². The van der Waals surface area contributed by atoms with Gasteiger partial charge in [0.15, 0.2) is 0 Å². The Balaban J connectivity index is 1.91. The van der Waals surface area contributed by atoms with Gasteiger partial charge in [0.1, 0.15) is 11.5 Å². The van der Waals surface area contributed by atoms with Gasteiger partial charge in [-0.05, 0) is 37.3 Å². The Morgan fingerprint density at radius 3 is 2.34 bits per heavy atom. The Morgan fingerprint density at radius 2 is 1.76 bits per heavy atom. The molecule has 2 rings (SSSR count). The molecule has 0 aromatic heterocycles. The number of nitrogens with one attached hydrogen (secondary N) is 1. The monoisotopic (exact) mass is 410 g/mol. The summed E-state index contributed by atoms with van der Waals surface area (Å²) in [7, 11) is 3.01. The molecule has 2 aromatic carbocycles. The van der Waals surface area contributed by atoms with Crippen LogP contribution in [0.25, 0.3) is 0 Å². The van der Waals surface area contributed by atoms with E-state index in [9.17, 15) is 22.8 Å². The molecular formula is C20H21F3N2O4. The number of halogens is 3. The molecule has 0 saturated heterocycles. The molecule has 0 aliphatic heterocycles. The van der Waals surface area contributed by atoms with Gasteiger partial charge in [0.25, 0.3) is 0 Å². The highest BCUT2D eigenvalue weighted by atomic mass is 19.4. The van der Waals surface area contributed by atoms with Crippen LogP contribution >= 0.6 is 0 Å². The lowest BCUT2D eigenvalue weighted by Crippen LogP contribution is -2.35. The molecule has 0 bridgehead atoms. The van der Waals surface area contributed by atoms with Gasteiger partial charge in [-0.3, -0.25) is 9.59 Å². The number of hydrogen-bond acceptors (Lipinski definition) is 4. The minimum atomic E-state index is -4.78. The Kier molecular flexibility index (Phi) is 7.08. The number of amides is 2. The molecule has 2 amide bonds. The molecule has 0 heterocycles. The van der Waals surface area contributed by atoms with E-state index < -0.39 is 18.0 Å². The molecule has 156 valence electrons. The zero-order chi connectivity index (χ0) is 21.6. The van der Waals surface area contributed by atoms with Crippen molar-refractivity contribution in [2.45, 2.75) is 19.7 Å². The largest absolute Gasteiger partial charge is 0.573 e. The minimum Gasteiger partial charge on any atom is -0.496 e. The Morgan fingerprint density at radius 1 is 1.10 bits per heavy atom. The topological polar surface area (TPSA) is 67.9 Å². The minimum absolute atomic E-state index is 0.0676. The van der Waals surface area contributed by atoms with E-state index in [1.807, 2.05) is 19.1 Å². The number of alkyl halides is 3. The molecule has 0 aliphatic rings. The van der Waals surface area contributed by atoms with Crippen molar-refractivity contribution in [3.8, 4) is 11.5 Å². The van der Waals surface area contributed by atoms with Crippen LogP contribution in [0.3, 0.4) is 0 Å². The lowest BCUT2D eigenvalue weighted by atomic mass is 10.1. The van der Waals surface area contributed by atoms with Crippen LogP contribution in [-0.2, 0) is 16.0 Å². The standard InChI is InChI=1S/C20H21F3N2O4/c1-13-4-9-17(28-3)14(10-13)11-19(27)25(2)12-18(26)24-15-5-7-16(8-6-15)29-20(21,22)23/h4-10H,11-12H2,1-3H3,(H,24,26). The molecule has 2 aromatic rings. The maximum absolute atomic E-state index is 12.4. The second-order valence-corrected chi connectivity index (χ2v) is 6.36. The van der Waals surface area contributed by atoms with Gasteiger partial charge in [-0.1, -0.05) is 17.7 Å². The van der Waals surface area contributed by atoms with Crippen LogP contribution in [-0.4, -0.2) is 43.8 Å². The smallest absolute Gasteiger partial charge is 0.496 e. The number of benzene rings is 2. The second kappa shape index (κ2) is 9.31. The van der Waals surface area contributed by atoms with Crippen LogP contribution < -0.4 is 14.8 Å². The first-order valence-corrected chi connectivity index (χ1v) is 8.60. The predicted molar refractivity (Wildman–Crippen MR) is 101 cm³/mol. The van der Waals surface area contributed by atoms with Gasteiger partial charge < -0.3 is 19.7 Å². The fraction of sp³-hybridized carbons (Fsp3) is 0.300. The van der Waals surface area contributed by atoms with E-state index in [4.69, 9.17) is 4.74 Å². The average Bonchev–Trinajstić information content (AvgIpc) is 2.62. The molecule has 29 heavy (non-hydrogen) atoms. The Bertz CT molecular complexity index is 867. The maximum atomic E-state index is 12.4. The number of methoxy groups -OCH3 is 1. The third kappa shape index (κ3) is 7.02. The van der Waals surface area contributed by atoms with E-state index in [0.717, 1.165) is 17.7 Å². The van der Waals surface area contributed by atoms with Crippen molar-refractivity contribution in [3.05, 3.63) is 53.6 Å². The zero-order valence-corrected chi connectivity index (χ0v) is 16.2. The summed E-state index contributed by atoms with van der Waals surface area (Å²) in [5.74, 6) is -0.572. The lowest BCUT2D eigenvalue weighted by molar-refractivity contribution is -0.274. The number of ether oxygens (including phenoxy) is 2. The third-order valence-electron chi connectivity index (χ3n) is 3.96. The van der Waals surface area contributed by atoms with Crippen molar-refractivity contribution in [1.29, 1.82) is 0 Å². The summed E-state index contributed by atoms with van der Waals surface area (Å²) in [4.78, 5) is 25.8. The fourth-order valence-electron chi connectivity index (χ4n) is 2.59. The number of anilines is 1. The quantitative estimate of drug-likeness (QED) is 0.758. The normalized spacial score (nSPS) is 11.0. The average molecular weight is 410 g/mol. The summed E-state index contributed by atoms with van der Waals surface area (Å²) >= 11 is 0. The van der Waals surface area contributed by atoms with Gasteiger partial charge in [0, 0.05) is 18.3 Å². The van der Waals surface area contributed by atoms with Crippen molar-refractivity contribution < 1.29 is 32.2 Å². The summed E-state index contributed by atoms with van der Waals surface area (Å²) in [5, 5.41) is 2.52. The SMILES string of the molecule is COc1ccc(C)cc1CC(=O)N(C)CC(=O)Nc1ccc(OC(F)(F)F)cc1. The second-order valence-electron chi connectivity index (χ2n) is 6.36. The number of carbonyl (C=O) groups excluding carboxylic acids is 2. The molecule has 6 nitrogen and oxygen atoms in total. The number of aryl methyl sites for hydroxylation is 1. The summed E-state index contributed by atoms with van der Waals surface area (Å²) < 4.78 is 45.5. The first-order chi connectivity index (χ1) is 13.6. The van der Waals surface area contributed by atoms with E-state index in [0.29, 0.717) is 11.3 Å². The van der Waals surface area contributed by atoms with Gasteiger partial charge >= 0.3 is 6.36 Å². The van der Waals surface area contributed by atoms with Gasteiger partial charge in [-0.15, -0.1) is 13.2 Å². The van der Waals surface area contributed by atoms with Gasteiger partial charge in [0.05, 0.1) is 20.1 Å². The number of likely N-dealkylation sites (N-methyl/N-ethyl adjacent to an activating group) is 1. The predicted octanol–water partition coefficient (Wildman–Crippen LogP) is 3.54. The van der Waals surface area contributed by atoms with Crippen molar-refractivity contribution in [1.82, 2.24) is 4.90 Å². The van der Waals surface area contributed by atoms with Gasteiger partial charge in [-0.2, -0.15) is 0 Å². The van der Waals surface area contributed by atoms with Crippen LogP contribution in [0.1, 0.15) is 11.1 Å². The van der Waals surface area contributed by atoms with Crippen LogP contribution in [0.15, 0.2) is 42.5 Å². The number of nitrogens with zero attached hydrogens (tertiary/aromatic N) is 1. The Hall–Kier alpha value is -3.23. The van der Waals surface area contributed by atoms with Crippen LogP contribution in [0.4, 0.5) is 18.9 Å². The summed E-state index contributed by atoms with van der Waals surface area (Å²) in [5.41, 5.74) is 1.97. The highest BCUT2D eigenvalue weighted by Crippen LogP contribution is 2.24. The molecule has 0 aliphatic carbocycles. The molecule has 1 N–H and O–H groups in total. The molecular weight excluding hydrogens is 389 g/mol. The molecule has 0 saturated carbocycles. The molecule has 9 heteroatoms. The first kappa shape index (κ1) is 22.1. The summed E-state index contributed by atoms with van der Waals surface area (Å²) in [6, 6.07) is 10.2. The van der Waals surface area contributed by atoms with Crippen molar-refractivity contribution in [2.24, 2.45) is 0 Å².